The predicted molar refractivity (Wildman–Crippen MR) is 103 cm³/mol. The number of anilines is 1. The standard InChI is InChI=1S/C19H27N3O2S/c1-19(2)18(24)21-15(13-25-19)17(23)20-10-6-12-22-11-5-8-14-7-3-4-9-16(14)22/h3-4,7,9,15H,5-6,8,10-13H2,1-2H3,(H,20,23)(H,21,24)/t15-/m1/s1. The Morgan fingerprint density at radius 2 is 2.20 bits per heavy atom. The van der Waals surface area contributed by atoms with Crippen LogP contribution in [0.2, 0.25) is 0 Å². The van der Waals surface area contributed by atoms with Crippen LogP contribution in [-0.4, -0.2) is 48.0 Å². The second-order valence-corrected chi connectivity index (χ2v) is 8.85. The molecule has 0 saturated carbocycles. The SMILES string of the molecule is CC1(C)SC[C@H](C(=O)NCCCN2CCCc3ccccc32)NC1=O. The molecule has 0 unspecified atom stereocenters. The van der Waals surface area contributed by atoms with Gasteiger partial charge in [0, 0.05) is 31.1 Å². The average Bonchev–Trinajstić information content (AvgIpc) is 2.61. The van der Waals surface area contributed by atoms with E-state index in [1.807, 2.05) is 13.8 Å². The van der Waals surface area contributed by atoms with Crippen molar-refractivity contribution in [2.24, 2.45) is 0 Å². The van der Waals surface area contributed by atoms with Gasteiger partial charge in [0.1, 0.15) is 6.04 Å². The van der Waals surface area contributed by atoms with Gasteiger partial charge >= 0.3 is 0 Å². The highest BCUT2D eigenvalue weighted by Crippen LogP contribution is 2.29. The topological polar surface area (TPSA) is 61.4 Å². The number of nitrogens with zero attached hydrogens (tertiary/aromatic N) is 1. The first kappa shape index (κ1) is 18.1. The molecule has 2 heterocycles. The van der Waals surface area contributed by atoms with E-state index in [9.17, 15) is 9.59 Å². The first-order valence-electron chi connectivity index (χ1n) is 9.03. The molecule has 1 aromatic carbocycles. The number of carbonyl (C=O) groups is 2. The predicted octanol–water partition coefficient (Wildman–Crippen LogP) is 1.96. The molecule has 2 amide bonds. The quantitative estimate of drug-likeness (QED) is 0.787. The molecule has 0 aromatic heterocycles. The summed E-state index contributed by atoms with van der Waals surface area (Å²) in [5, 5.41) is 5.80. The first-order valence-corrected chi connectivity index (χ1v) is 10.0. The van der Waals surface area contributed by atoms with Crippen molar-refractivity contribution in [3.05, 3.63) is 29.8 Å². The van der Waals surface area contributed by atoms with E-state index < -0.39 is 10.8 Å². The molecule has 136 valence electrons. The molecule has 2 aliphatic heterocycles. The minimum atomic E-state index is -0.446. The lowest BCUT2D eigenvalue weighted by molar-refractivity contribution is -0.129. The van der Waals surface area contributed by atoms with Gasteiger partial charge in [-0.3, -0.25) is 9.59 Å². The van der Waals surface area contributed by atoms with Gasteiger partial charge in [-0.15, -0.1) is 11.8 Å². The molecule has 1 atom stereocenters. The zero-order valence-electron chi connectivity index (χ0n) is 15.0. The average molecular weight is 362 g/mol. The number of fused-ring (bicyclic) bond motifs is 1. The van der Waals surface area contributed by atoms with E-state index in [1.165, 1.54) is 29.4 Å². The smallest absolute Gasteiger partial charge is 0.243 e. The summed E-state index contributed by atoms with van der Waals surface area (Å²) in [4.78, 5) is 26.6. The fourth-order valence-electron chi connectivity index (χ4n) is 3.32. The molecule has 1 fully saturated rings. The van der Waals surface area contributed by atoms with Gasteiger partial charge in [0.2, 0.25) is 11.8 Å². The third-order valence-corrected chi connectivity index (χ3v) is 6.30. The largest absolute Gasteiger partial charge is 0.371 e. The minimum absolute atomic E-state index is 0.0613. The molecule has 25 heavy (non-hydrogen) atoms. The molecule has 0 aliphatic carbocycles. The number of rotatable bonds is 5. The Morgan fingerprint density at radius 3 is 3.00 bits per heavy atom. The van der Waals surface area contributed by atoms with Crippen LogP contribution in [0.25, 0.3) is 0 Å². The monoisotopic (exact) mass is 361 g/mol. The van der Waals surface area contributed by atoms with Crippen LogP contribution in [0.5, 0.6) is 0 Å². The molecule has 2 aliphatic rings. The fourth-order valence-corrected chi connectivity index (χ4v) is 4.33. The number of carbonyl (C=O) groups excluding carboxylic acids is 2. The van der Waals surface area contributed by atoms with Crippen molar-refractivity contribution in [3.63, 3.8) is 0 Å². The maximum atomic E-state index is 12.3. The van der Waals surface area contributed by atoms with Crippen LogP contribution in [-0.2, 0) is 16.0 Å². The molecular weight excluding hydrogens is 334 g/mol. The molecule has 1 saturated heterocycles. The van der Waals surface area contributed by atoms with Crippen molar-refractivity contribution in [2.75, 3.05) is 30.3 Å². The Kier molecular flexibility index (Phi) is 5.57. The van der Waals surface area contributed by atoms with Crippen LogP contribution in [0.3, 0.4) is 0 Å². The van der Waals surface area contributed by atoms with Gasteiger partial charge in [-0.2, -0.15) is 0 Å². The summed E-state index contributed by atoms with van der Waals surface area (Å²) in [6, 6.07) is 8.16. The van der Waals surface area contributed by atoms with E-state index in [0.29, 0.717) is 12.3 Å². The van der Waals surface area contributed by atoms with Gasteiger partial charge in [-0.1, -0.05) is 18.2 Å². The highest BCUT2D eigenvalue weighted by Gasteiger charge is 2.37. The molecule has 6 heteroatoms. The number of amides is 2. The number of aryl methyl sites for hydroxylation is 1. The summed E-state index contributed by atoms with van der Waals surface area (Å²) in [7, 11) is 0. The Bertz CT molecular complexity index is 647. The van der Waals surface area contributed by atoms with Crippen LogP contribution in [0.1, 0.15) is 32.3 Å². The third-order valence-electron chi connectivity index (χ3n) is 4.89. The third kappa shape index (κ3) is 4.29. The van der Waals surface area contributed by atoms with E-state index in [2.05, 4.69) is 39.8 Å². The number of para-hydroxylation sites is 1. The lowest BCUT2D eigenvalue weighted by Crippen LogP contribution is -2.57. The zero-order chi connectivity index (χ0) is 17.9. The summed E-state index contributed by atoms with van der Waals surface area (Å²) in [5.41, 5.74) is 2.75. The molecule has 2 N–H and O–H groups in total. The second-order valence-electron chi connectivity index (χ2n) is 7.21. The maximum absolute atomic E-state index is 12.3. The van der Waals surface area contributed by atoms with Gasteiger partial charge < -0.3 is 15.5 Å². The van der Waals surface area contributed by atoms with Crippen molar-refractivity contribution in [3.8, 4) is 0 Å². The number of hydrogen-bond acceptors (Lipinski definition) is 4. The van der Waals surface area contributed by atoms with Gasteiger partial charge in [0.25, 0.3) is 0 Å². The van der Waals surface area contributed by atoms with E-state index >= 15 is 0 Å². The summed E-state index contributed by atoms with van der Waals surface area (Å²) in [5.74, 6) is 0.494. The Morgan fingerprint density at radius 1 is 1.40 bits per heavy atom. The van der Waals surface area contributed by atoms with Crippen molar-refractivity contribution in [1.82, 2.24) is 10.6 Å². The molecule has 0 bridgehead atoms. The Hall–Kier alpha value is -1.69. The van der Waals surface area contributed by atoms with Crippen LogP contribution >= 0.6 is 11.8 Å². The van der Waals surface area contributed by atoms with Gasteiger partial charge in [-0.05, 0) is 44.7 Å². The zero-order valence-corrected chi connectivity index (χ0v) is 15.8. The van der Waals surface area contributed by atoms with Crippen molar-refractivity contribution in [2.45, 2.75) is 43.9 Å². The number of thioether (sulfide) groups is 1. The maximum Gasteiger partial charge on any atom is 0.243 e. The summed E-state index contributed by atoms with van der Waals surface area (Å²) >= 11 is 1.54. The minimum Gasteiger partial charge on any atom is -0.371 e. The van der Waals surface area contributed by atoms with Crippen molar-refractivity contribution < 1.29 is 9.59 Å². The van der Waals surface area contributed by atoms with Crippen LogP contribution < -0.4 is 15.5 Å². The van der Waals surface area contributed by atoms with Crippen molar-refractivity contribution >= 4 is 29.3 Å². The molecule has 5 nitrogen and oxygen atoms in total. The fraction of sp³-hybridized carbons (Fsp3) is 0.579. The van der Waals surface area contributed by atoms with Crippen LogP contribution in [0.4, 0.5) is 5.69 Å². The highest BCUT2D eigenvalue weighted by atomic mass is 32.2. The number of hydrogen-bond donors (Lipinski definition) is 2. The highest BCUT2D eigenvalue weighted by molar-refractivity contribution is 8.01. The van der Waals surface area contributed by atoms with Crippen molar-refractivity contribution in [1.29, 1.82) is 0 Å². The first-order chi connectivity index (χ1) is 12.0. The van der Waals surface area contributed by atoms with E-state index in [1.54, 1.807) is 0 Å². The van der Waals surface area contributed by atoms with Gasteiger partial charge in [-0.25, -0.2) is 0 Å². The van der Waals surface area contributed by atoms with E-state index in [4.69, 9.17) is 0 Å². The number of benzene rings is 1. The molecule has 0 radical (unpaired) electrons. The molecule has 1 aromatic rings. The lowest BCUT2D eigenvalue weighted by atomic mass is 10.0. The van der Waals surface area contributed by atoms with Gasteiger partial charge in [0.05, 0.1) is 4.75 Å². The number of nitrogens with one attached hydrogen (secondary N) is 2. The van der Waals surface area contributed by atoms with E-state index in [-0.39, 0.29) is 11.8 Å². The Labute approximate surface area is 153 Å². The molecular formula is C19H27N3O2S. The van der Waals surface area contributed by atoms with E-state index in [0.717, 1.165) is 25.9 Å². The second kappa shape index (κ2) is 7.68. The summed E-state index contributed by atoms with van der Waals surface area (Å²) < 4.78 is -0.446. The van der Waals surface area contributed by atoms with Crippen LogP contribution in [0.15, 0.2) is 24.3 Å². The van der Waals surface area contributed by atoms with Gasteiger partial charge in [0.15, 0.2) is 0 Å². The Balaban J connectivity index is 1.42. The molecule has 0 spiro atoms. The summed E-state index contributed by atoms with van der Waals surface area (Å²) in [6.07, 6.45) is 3.24. The normalized spacial score (nSPS) is 22.1. The molecule has 3 rings (SSSR count). The lowest BCUT2D eigenvalue weighted by Gasteiger charge is -2.33. The summed E-state index contributed by atoms with van der Waals surface area (Å²) in [6.45, 7) is 6.43. The van der Waals surface area contributed by atoms with Crippen LogP contribution in [0, 0.1) is 0 Å².